The molecule has 37 heavy (non-hydrogen) atoms. The van der Waals surface area contributed by atoms with Crippen LogP contribution in [0.4, 0.5) is 5.95 Å². The van der Waals surface area contributed by atoms with Gasteiger partial charge in [-0.1, -0.05) is 35.9 Å². The van der Waals surface area contributed by atoms with Gasteiger partial charge in [-0.2, -0.15) is 0 Å². The molecular formula is C28H27ClN6O2. The number of carbonyl (C=O) groups is 1. The van der Waals surface area contributed by atoms with E-state index in [2.05, 4.69) is 32.4 Å². The maximum Gasteiger partial charge on any atom is 0.254 e. The molecule has 0 unspecified atom stereocenters. The zero-order valence-corrected chi connectivity index (χ0v) is 21.1. The maximum absolute atomic E-state index is 13.3. The van der Waals surface area contributed by atoms with Gasteiger partial charge >= 0.3 is 0 Å². The maximum atomic E-state index is 13.3. The van der Waals surface area contributed by atoms with Crippen LogP contribution in [-0.2, 0) is 17.7 Å². The van der Waals surface area contributed by atoms with Gasteiger partial charge in [-0.3, -0.25) is 4.79 Å². The fourth-order valence-electron chi connectivity index (χ4n) is 4.90. The third-order valence-electron chi connectivity index (χ3n) is 6.94. The van der Waals surface area contributed by atoms with E-state index in [1.165, 1.54) is 5.56 Å². The highest BCUT2D eigenvalue weighted by atomic mass is 35.5. The minimum Gasteiger partial charge on any atom is -0.381 e. The van der Waals surface area contributed by atoms with Gasteiger partial charge in [-0.25, -0.2) is 15.0 Å². The van der Waals surface area contributed by atoms with Gasteiger partial charge in [-0.05, 0) is 48.6 Å². The smallest absolute Gasteiger partial charge is 0.254 e. The van der Waals surface area contributed by atoms with Crippen LogP contribution >= 0.6 is 11.6 Å². The normalized spacial score (nSPS) is 15.7. The van der Waals surface area contributed by atoms with Crippen LogP contribution in [0.1, 0.15) is 34.3 Å². The minimum atomic E-state index is 0.0355. The third-order valence-corrected chi connectivity index (χ3v) is 7.22. The highest BCUT2D eigenvalue weighted by Crippen LogP contribution is 2.32. The number of hydrogen-bond donors (Lipinski definition) is 1. The molecule has 2 aliphatic heterocycles. The van der Waals surface area contributed by atoms with Crippen LogP contribution in [0.5, 0.6) is 0 Å². The Labute approximate surface area is 220 Å². The quantitative estimate of drug-likeness (QED) is 0.382. The summed E-state index contributed by atoms with van der Waals surface area (Å²) in [6, 6.07) is 14.5. The van der Waals surface area contributed by atoms with Gasteiger partial charge in [0.05, 0.1) is 23.2 Å². The Morgan fingerprint density at radius 1 is 1.14 bits per heavy atom. The molecule has 1 N–H and O–H groups in total. The first-order valence-corrected chi connectivity index (χ1v) is 12.9. The summed E-state index contributed by atoms with van der Waals surface area (Å²) >= 11 is 6.48. The van der Waals surface area contributed by atoms with Crippen LogP contribution in [0.15, 0.2) is 67.4 Å². The number of amides is 1. The van der Waals surface area contributed by atoms with E-state index in [0.29, 0.717) is 35.3 Å². The first kappa shape index (κ1) is 23.6. The van der Waals surface area contributed by atoms with Crippen LogP contribution in [0.3, 0.4) is 0 Å². The molecule has 0 radical (unpaired) electrons. The summed E-state index contributed by atoms with van der Waals surface area (Å²) in [6.45, 7) is 2.71. The lowest BCUT2D eigenvalue weighted by molar-refractivity contribution is 0.0780. The Kier molecular flexibility index (Phi) is 6.59. The lowest BCUT2D eigenvalue weighted by Crippen LogP contribution is -2.28. The van der Waals surface area contributed by atoms with Crippen molar-refractivity contribution < 1.29 is 9.53 Å². The number of nitrogens with zero attached hydrogens (tertiary/aromatic N) is 5. The number of imidazole rings is 1. The number of aromatic nitrogens is 4. The van der Waals surface area contributed by atoms with E-state index >= 15 is 0 Å². The lowest BCUT2D eigenvalue weighted by atomic mass is 10.0. The van der Waals surface area contributed by atoms with Crippen molar-refractivity contribution in [1.29, 1.82) is 0 Å². The van der Waals surface area contributed by atoms with Crippen LogP contribution in [0.2, 0.25) is 5.02 Å². The number of benzene rings is 2. The number of nitrogens with one attached hydrogen (secondary N) is 1. The largest absolute Gasteiger partial charge is 0.381 e. The van der Waals surface area contributed by atoms with Gasteiger partial charge in [0.15, 0.2) is 0 Å². The average Bonchev–Trinajstić information content (AvgIpc) is 3.58. The minimum absolute atomic E-state index is 0.0355. The second-order valence-electron chi connectivity index (χ2n) is 9.41. The predicted molar refractivity (Wildman–Crippen MR) is 142 cm³/mol. The number of ether oxygens (including phenoxy) is 1. The summed E-state index contributed by atoms with van der Waals surface area (Å²) in [4.78, 5) is 28.4. The molecule has 4 aromatic rings. The van der Waals surface area contributed by atoms with Crippen LogP contribution in [0, 0.1) is 0 Å². The molecule has 0 atom stereocenters. The first-order chi connectivity index (χ1) is 18.1. The molecule has 0 saturated carbocycles. The van der Waals surface area contributed by atoms with Crippen molar-refractivity contribution in [3.05, 3.63) is 89.1 Å². The van der Waals surface area contributed by atoms with Crippen molar-refractivity contribution in [1.82, 2.24) is 24.4 Å². The monoisotopic (exact) mass is 514 g/mol. The van der Waals surface area contributed by atoms with Gasteiger partial charge in [-0.15, -0.1) is 0 Å². The van der Waals surface area contributed by atoms with Crippen LogP contribution in [-0.4, -0.2) is 56.1 Å². The van der Waals surface area contributed by atoms with Crippen LogP contribution in [0.25, 0.3) is 16.9 Å². The van der Waals surface area contributed by atoms with Gasteiger partial charge in [0, 0.05) is 61.6 Å². The Bertz CT molecular complexity index is 1420. The van der Waals surface area contributed by atoms with Gasteiger partial charge in [0.1, 0.15) is 0 Å². The second-order valence-corrected chi connectivity index (χ2v) is 9.82. The fraction of sp³-hybridized carbons (Fsp3) is 0.286. The summed E-state index contributed by atoms with van der Waals surface area (Å²) in [5.41, 5.74) is 5.39. The van der Waals surface area contributed by atoms with E-state index in [4.69, 9.17) is 16.3 Å². The van der Waals surface area contributed by atoms with Crippen molar-refractivity contribution in [3.63, 3.8) is 0 Å². The molecule has 0 spiro atoms. The highest BCUT2D eigenvalue weighted by molar-refractivity contribution is 6.33. The Morgan fingerprint density at radius 2 is 2.03 bits per heavy atom. The number of fused-ring (bicyclic) bond motifs is 1. The van der Waals surface area contributed by atoms with E-state index in [1.54, 1.807) is 18.7 Å². The zero-order chi connectivity index (χ0) is 25.2. The van der Waals surface area contributed by atoms with Crippen molar-refractivity contribution in [2.45, 2.75) is 31.8 Å². The molecule has 4 heterocycles. The molecule has 9 heteroatoms. The van der Waals surface area contributed by atoms with Crippen molar-refractivity contribution >= 4 is 23.5 Å². The standard InChI is InChI=1S/C28H27ClN6O2/c29-25-16-31-28(32-22-7-12-37-13-8-22)33-26(25)20-4-5-21-17-34(27(36)24(21)15-20)10-6-19-2-1-3-23(14-19)35-11-9-30-18-35/h1-5,9,11,14-16,18,22H,6-8,10,12-13,17H2,(H,31,32,33). The molecule has 8 nitrogen and oxygen atoms in total. The zero-order valence-electron chi connectivity index (χ0n) is 20.3. The molecule has 1 saturated heterocycles. The van der Waals surface area contributed by atoms with Gasteiger partial charge < -0.3 is 19.5 Å². The van der Waals surface area contributed by atoms with Crippen LogP contribution < -0.4 is 5.32 Å². The molecule has 6 rings (SSSR count). The van der Waals surface area contributed by atoms with Gasteiger partial charge in [0.25, 0.3) is 5.91 Å². The third kappa shape index (κ3) is 5.08. The number of halogens is 1. The lowest BCUT2D eigenvalue weighted by Gasteiger charge is -2.23. The fourth-order valence-corrected chi connectivity index (χ4v) is 5.10. The summed E-state index contributed by atoms with van der Waals surface area (Å²) in [7, 11) is 0. The SMILES string of the molecule is O=C1c2cc(-c3nc(NC4CCOCC4)ncc3Cl)ccc2CN1CCc1cccc(-n2ccnc2)c1. The number of hydrogen-bond acceptors (Lipinski definition) is 6. The molecule has 1 amide bonds. The average molecular weight is 515 g/mol. The van der Waals surface area contributed by atoms with E-state index in [0.717, 1.165) is 49.3 Å². The molecule has 0 aliphatic carbocycles. The molecular weight excluding hydrogens is 488 g/mol. The highest BCUT2D eigenvalue weighted by Gasteiger charge is 2.28. The first-order valence-electron chi connectivity index (χ1n) is 12.5. The number of rotatable bonds is 7. The Hall–Kier alpha value is -3.75. The molecule has 2 aromatic heterocycles. The summed E-state index contributed by atoms with van der Waals surface area (Å²) in [5.74, 6) is 0.575. The number of carbonyl (C=O) groups excluding carboxylic acids is 1. The Balaban J connectivity index is 1.16. The van der Waals surface area contributed by atoms with E-state index in [1.807, 2.05) is 46.0 Å². The number of anilines is 1. The van der Waals surface area contributed by atoms with E-state index < -0.39 is 0 Å². The molecule has 2 aromatic carbocycles. The predicted octanol–water partition coefficient (Wildman–Crippen LogP) is 4.77. The van der Waals surface area contributed by atoms with Crippen molar-refractivity contribution in [3.8, 4) is 16.9 Å². The summed E-state index contributed by atoms with van der Waals surface area (Å²) < 4.78 is 7.41. The molecule has 188 valence electrons. The topological polar surface area (TPSA) is 85.2 Å². The Morgan fingerprint density at radius 3 is 2.86 bits per heavy atom. The molecule has 0 bridgehead atoms. The van der Waals surface area contributed by atoms with Crippen molar-refractivity contribution in [2.75, 3.05) is 25.1 Å². The molecule has 1 fully saturated rings. The summed E-state index contributed by atoms with van der Waals surface area (Å²) in [6.07, 6.45) is 9.69. The summed E-state index contributed by atoms with van der Waals surface area (Å²) in [5, 5.41) is 3.85. The van der Waals surface area contributed by atoms with Crippen molar-refractivity contribution in [2.24, 2.45) is 0 Å². The molecule has 2 aliphatic rings. The van der Waals surface area contributed by atoms with E-state index in [-0.39, 0.29) is 11.9 Å². The van der Waals surface area contributed by atoms with Gasteiger partial charge in [0.2, 0.25) is 5.95 Å². The second kappa shape index (κ2) is 10.3. The van der Waals surface area contributed by atoms with E-state index in [9.17, 15) is 4.79 Å².